The van der Waals surface area contributed by atoms with E-state index in [1.165, 1.54) is 4.90 Å². The zero-order valence-corrected chi connectivity index (χ0v) is 13.9. The minimum atomic E-state index is -0.591. The zero-order valence-electron chi connectivity index (χ0n) is 13.0. The van der Waals surface area contributed by atoms with E-state index in [4.69, 9.17) is 4.74 Å². The summed E-state index contributed by atoms with van der Waals surface area (Å²) in [6.07, 6.45) is 0. The molecule has 0 saturated heterocycles. The Morgan fingerprint density at radius 2 is 2.26 bits per heavy atom. The van der Waals surface area contributed by atoms with Crippen molar-refractivity contribution >= 4 is 28.8 Å². The molecular formula is C17H18N2O3S. The van der Waals surface area contributed by atoms with Crippen LogP contribution < -0.4 is 15.0 Å². The first kappa shape index (κ1) is 15.6. The van der Waals surface area contributed by atoms with E-state index in [1.54, 1.807) is 18.3 Å². The first-order valence-corrected chi connectivity index (χ1v) is 8.30. The van der Waals surface area contributed by atoms with Gasteiger partial charge in [-0.1, -0.05) is 12.1 Å². The highest BCUT2D eigenvalue weighted by Gasteiger charge is 2.33. The monoisotopic (exact) mass is 330 g/mol. The summed E-state index contributed by atoms with van der Waals surface area (Å²) in [4.78, 5) is 27.3. The van der Waals surface area contributed by atoms with Crippen LogP contribution in [0.5, 0.6) is 5.75 Å². The highest BCUT2D eigenvalue weighted by Crippen LogP contribution is 2.34. The van der Waals surface area contributed by atoms with E-state index in [9.17, 15) is 9.59 Å². The molecule has 2 aromatic rings. The average molecular weight is 330 g/mol. The lowest BCUT2D eigenvalue weighted by Gasteiger charge is -2.33. The maximum Gasteiger partial charge on any atom is 0.265 e. The number of hydrogen-bond acceptors (Lipinski definition) is 4. The summed E-state index contributed by atoms with van der Waals surface area (Å²) in [6.45, 7) is 4.11. The van der Waals surface area contributed by atoms with Crippen molar-refractivity contribution in [2.45, 2.75) is 26.4 Å². The highest BCUT2D eigenvalue weighted by atomic mass is 32.1. The Bertz CT molecular complexity index is 727. The summed E-state index contributed by atoms with van der Waals surface area (Å²) in [7, 11) is 0. The Morgan fingerprint density at radius 1 is 1.43 bits per heavy atom. The van der Waals surface area contributed by atoms with Crippen LogP contribution in [0, 0.1) is 6.92 Å². The number of benzene rings is 1. The van der Waals surface area contributed by atoms with Gasteiger partial charge < -0.3 is 10.1 Å². The van der Waals surface area contributed by atoms with Crippen LogP contribution >= 0.6 is 11.3 Å². The first-order chi connectivity index (χ1) is 11.1. The van der Waals surface area contributed by atoms with Crippen molar-refractivity contribution in [3.63, 3.8) is 0 Å². The third-order valence-electron chi connectivity index (χ3n) is 3.78. The fourth-order valence-corrected chi connectivity index (χ4v) is 3.20. The van der Waals surface area contributed by atoms with Gasteiger partial charge in [0.15, 0.2) is 6.61 Å². The minimum absolute atomic E-state index is 0.0431. The number of ether oxygens (including phenoxy) is 1. The number of rotatable bonds is 4. The summed E-state index contributed by atoms with van der Waals surface area (Å²) in [6, 6.07) is 8.95. The number of hydrogen-bond donors (Lipinski definition) is 1. The quantitative estimate of drug-likeness (QED) is 0.937. The SMILES string of the molecule is Cc1ccc2c(c1)N(C(C)C(=O)NCc1cccs1)C(=O)CO2. The molecule has 1 aliphatic rings. The number of aryl methyl sites for hydroxylation is 1. The lowest BCUT2D eigenvalue weighted by atomic mass is 10.1. The molecule has 1 aromatic carbocycles. The van der Waals surface area contributed by atoms with Crippen LogP contribution in [-0.2, 0) is 16.1 Å². The summed E-state index contributed by atoms with van der Waals surface area (Å²) in [5, 5.41) is 4.85. The lowest BCUT2D eigenvalue weighted by Crippen LogP contribution is -2.51. The molecule has 0 radical (unpaired) electrons. The third-order valence-corrected chi connectivity index (χ3v) is 4.65. The summed E-state index contributed by atoms with van der Waals surface area (Å²) < 4.78 is 5.45. The largest absolute Gasteiger partial charge is 0.482 e. The Hall–Kier alpha value is -2.34. The lowest BCUT2D eigenvalue weighted by molar-refractivity contribution is -0.127. The van der Waals surface area contributed by atoms with Gasteiger partial charge in [0.1, 0.15) is 11.8 Å². The van der Waals surface area contributed by atoms with Crippen LogP contribution in [0.2, 0.25) is 0 Å². The molecule has 0 spiro atoms. The molecule has 3 rings (SSSR count). The van der Waals surface area contributed by atoms with E-state index < -0.39 is 6.04 Å². The predicted molar refractivity (Wildman–Crippen MR) is 89.8 cm³/mol. The molecule has 1 aromatic heterocycles. The van der Waals surface area contributed by atoms with Crippen LogP contribution in [0.25, 0.3) is 0 Å². The van der Waals surface area contributed by atoms with Crippen LogP contribution in [0.15, 0.2) is 35.7 Å². The zero-order chi connectivity index (χ0) is 16.4. The number of amides is 2. The molecule has 2 heterocycles. The molecule has 1 aliphatic heterocycles. The van der Waals surface area contributed by atoms with E-state index in [2.05, 4.69) is 5.32 Å². The molecule has 0 aliphatic carbocycles. The van der Waals surface area contributed by atoms with Gasteiger partial charge in [-0.25, -0.2) is 0 Å². The Balaban J connectivity index is 1.78. The molecule has 0 fully saturated rings. The average Bonchev–Trinajstić information content (AvgIpc) is 3.05. The summed E-state index contributed by atoms with van der Waals surface area (Å²) in [5.74, 6) is 0.246. The number of carbonyl (C=O) groups is 2. The van der Waals surface area contributed by atoms with Gasteiger partial charge >= 0.3 is 0 Å². The molecule has 0 saturated carbocycles. The third kappa shape index (κ3) is 3.22. The van der Waals surface area contributed by atoms with Crippen molar-refractivity contribution in [3.8, 4) is 5.75 Å². The van der Waals surface area contributed by atoms with Crippen molar-refractivity contribution in [2.75, 3.05) is 11.5 Å². The Morgan fingerprint density at radius 3 is 3.00 bits per heavy atom. The van der Waals surface area contributed by atoms with Gasteiger partial charge in [-0.05, 0) is 43.0 Å². The molecule has 5 nitrogen and oxygen atoms in total. The van der Waals surface area contributed by atoms with E-state index in [1.807, 2.05) is 42.6 Å². The number of fused-ring (bicyclic) bond motifs is 1. The molecule has 0 bridgehead atoms. The summed E-state index contributed by atoms with van der Waals surface area (Å²) >= 11 is 1.59. The summed E-state index contributed by atoms with van der Waals surface area (Å²) in [5.41, 5.74) is 1.67. The predicted octanol–water partition coefficient (Wildman–Crippen LogP) is 2.49. The van der Waals surface area contributed by atoms with Crippen LogP contribution in [0.1, 0.15) is 17.4 Å². The van der Waals surface area contributed by atoms with Gasteiger partial charge in [0.25, 0.3) is 5.91 Å². The molecule has 2 amide bonds. The maximum absolute atomic E-state index is 12.4. The molecule has 6 heteroatoms. The Labute approximate surface area is 138 Å². The standard InChI is InChI=1S/C17H18N2O3S/c1-11-5-6-15-14(8-11)19(16(20)10-22-15)12(2)17(21)18-9-13-4-3-7-23-13/h3-8,12H,9-10H2,1-2H3,(H,18,21). The molecular weight excluding hydrogens is 312 g/mol. The topological polar surface area (TPSA) is 58.6 Å². The molecule has 23 heavy (non-hydrogen) atoms. The molecule has 1 unspecified atom stereocenters. The van der Waals surface area contributed by atoms with Gasteiger partial charge in [-0.15, -0.1) is 11.3 Å². The fraction of sp³-hybridized carbons (Fsp3) is 0.294. The number of nitrogens with one attached hydrogen (secondary N) is 1. The van der Waals surface area contributed by atoms with Gasteiger partial charge in [-0.3, -0.25) is 14.5 Å². The van der Waals surface area contributed by atoms with Crippen molar-refractivity contribution < 1.29 is 14.3 Å². The molecule has 1 atom stereocenters. The highest BCUT2D eigenvalue weighted by molar-refractivity contribution is 7.09. The number of thiophene rings is 1. The van der Waals surface area contributed by atoms with E-state index in [0.29, 0.717) is 18.0 Å². The normalized spacial score (nSPS) is 14.9. The van der Waals surface area contributed by atoms with Crippen LogP contribution in [-0.4, -0.2) is 24.5 Å². The van der Waals surface area contributed by atoms with Crippen molar-refractivity contribution in [3.05, 3.63) is 46.2 Å². The minimum Gasteiger partial charge on any atom is -0.482 e. The molecule has 120 valence electrons. The fourth-order valence-electron chi connectivity index (χ4n) is 2.56. The van der Waals surface area contributed by atoms with Crippen LogP contribution in [0.3, 0.4) is 0 Å². The van der Waals surface area contributed by atoms with Crippen molar-refractivity contribution in [1.29, 1.82) is 0 Å². The second-order valence-corrected chi connectivity index (χ2v) is 6.53. The number of nitrogens with zero attached hydrogens (tertiary/aromatic N) is 1. The first-order valence-electron chi connectivity index (χ1n) is 7.42. The second-order valence-electron chi connectivity index (χ2n) is 5.50. The molecule has 1 N–H and O–H groups in total. The van der Waals surface area contributed by atoms with Gasteiger partial charge in [0, 0.05) is 4.88 Å². The Kier molecular flexibility index (Phi) is 4.34. The van der Waals surface area contributed by atoms with Crippen molar-refractivity contribution in [2.24, 2.45) is 0 Å². The van der Waals surface area contributed by atoms with E-state index >= 15 is 0 Å². The van der Waals surface area contributed by atoms with Gasteiger partial charge in [-0.2, -0.15) is 0 Å². The van der Waals surface area contributed by atoms with E-state index in [0.717, 1.165) is 10.4 Å². The smallest absolute Gasteiger partial charge is 0.265 e. The van der Waals surface area contributed by atoms with Gasteiger partial charge in [0.2, 0.25) is 5.91 Å². The second kappa shape index (κ2) is 6.42. The van der Waals surface area contributed by atoms with Crippen LogP contribution in [0.4, 0.5) is 5.69 Å². The number of carbonyl (C=O) groups excluding carboxylic acids is 2. The van der Waals surface area contributed by atoms with Crippen molar-refractivity contribution in [1.82, 2.24) is 5.32 Å². The van der Waals surface area contributed by atoms with Gasteiger partial charge in [0.05, 0.1) is 12.2 Å². The van der Waals surface area contributed by atoms with E-state index in [-0.39, 0.29) is 18.4 Å². The maximum atomic E-state index is 12.4. The number of anilines is 1.